The van der Waals surface area contributed by atoms with Crippen LogP contribution in [0.3, 0.4) is 0 Å². The van der Waals surface area contributed by atoms with Gasteiger partial charge < -0.3 is 32.2 Å². The molecular formula is C22H45N6O6+. The van der Waals surface area contributed by atoms with E-state index < -0.39 is 35.9 Å². The number of hydrogen-bond donors (Lipinski definition) is 6. The van der Waals surface area contributed by atoms with Gasteiger partial charge in [-0.15, -0.1) is 0 Å². The van der Waals surface area contributed by atoms with Crippen LogP contribution in [0.1, 0.15) is 67.7 Å². The summed E-state index contributed by atoms with van der Waals surface area (Å²) < 4.78 is 4.93. The number of esters is 1. The average Bonchev–Trinajstić information content (AvgIpc) is 2.79. The second kappa shape index (κ2) is 21.8. The Kier molecular flexibility index (Phi) is 22.8. The number of hydrogen-bond acceptors (Lipinski definition) is 7. The largest absolute Gasteiger partial charge is 0.462 e. The SMILES string of the molecule is CC.CC(C)OC(=O)CNC(=O)C(CCCNC(N)=O)NC(=O)C(N)C(C)C.CCC(=O)C=[NH2+]. The number of primary amides is 1. The lowest BCUT2D eigenvalue weighted by molar-refractivity contribution is -0.147. The van der Waals surface area contributed by atoms with E-state index in [2.05, 4.69) is 16.0 Å². The third kappa shape index (κ3) is 20.9. The van der Waals surface area contributed by atoms with Crippen LogP contribution >= 0.6 is 0 Å². The average molecular weight is 490 g/mol. The molecule has 0 bridgehead atoms. The summed E-state index contributed by atoms with van der Waals surface area (Å²) in [5.74, 6) is -1.68. The third-order valence-electron chi connectivity index (χ3n) is 3.93. The Morgan fingerprint density at radius 3 is 1.94 bits per heavy atom. The number of rotatable bonds is 13. The Morgan fingerprint density at radius 1 is 1.00 bits per heavy atom. The minimum atomic E-state index is -0.895. The fourth-order valence-corrected chi connectivity index (χ4v) is 2.06. The lowest BCUT2D eigenvalue weighted by atomic mass is 10.0. The molecule has 0 saturated carbocycles. The Bertz CT molecular complexity index is 639. The Morgan fingerprint density at radius 2 is 1.56 bits per heavy atom. The van der Waals surface area contributed by atoms with E-state index in [-0.39, 0.29) is 37.3 Å². The minimum Gasteiger partial charge on any atom is -0.462 e. The van der Waals surface area contributed by atoms with Crippen LogP contribution in [0.2, 0.25) is 0 Å². The molecule has 0 radical (unpaired) electrons. The molecule has 0 aliphatic rings. The smallest absolute Gasteiger partial charge is 0.325 e. The van der Waals surface area contributed by atoms with Crippen LogP contribution in [0.25, 0.3) is 0 Å². The number of ketones is 1. The minimum absolute atomic E-state index is 0.00463. The topological polar surface area (TPSA) is 208 Å². The van der Waals surface area contributed by atoms with Crippen molar-refractivity contribution in [2.24, 2.45) is 17.4 Å². The van der Waals surface area contributed by atoms with Crippen LogP contribution in [0.5, 0.6) is 0 Å². The maximum Gasteiger partial charge on any atom is 0.325 e. The van der Waals surface area contributed by atoms with Crippen LogP contribution < -0.4 is 32.8 Å². The van der Waals surface area contributed by atoms with Crippen molar-refractivity contribution in [3.63, 3.8) is 0 Å². The van der Waals surface area contributed by atoms with E-state index in [0.717, 1.165) is 6.21 Å². The molecule has 2 unspecified atom stereocenters. The highest BCUT2D eigenvalue weighted by Gasteiger charge is 2.25. The number of carbonyl (C=O) groups excluding carboxylic acids is 5. The number of urea groups is 1. The quantitative estimate of drug-likeness (QED) is 0.105. The van der Waals surface area contributed by atoms with E-state index in [1.165, 1.54) is 0 Å². The summed E-state index contributed by atoms with van der Waals surface area (Å²) in [5, 5.41) is 12.2. The zero-order valence-corrected chi connectivity index (χ0v) is 21.6. The molecule has 34 heavy (non-hydrogen) atoms. The molecule has 0 aromatic rings. The lowest BCUT2D eigenvalue weighted by Crippen LogP contribution is -2.53. The van der Waals surface area contributed by atoms with Crippen molar-refractivity contribution in [3.05, 3.63) is 0 Å². The summed E-state index contributed by atoms with van der Waals surface area (Å²) in [6, 6.07) is -2.33. The normalized spacial score (nSPS) is 11.5. The van der Waals surface area contributed by atoms with Gasteiger partial charge in [0.2, 0.25) is 23.8 Å². The standard InChI is InChI=1S/C16H31N5O5.C4H7NO.C2H6/c1-9(2)13(17)15(24)21-11(6-5-7-19-16(18)25)14(23)20-8-12(22)26-10(3)4;1-2-4(6)3-5;1-2/h9-11,13H,5-8,17H2,1-4H3,(H,20,23)(H,21,24)(H3,18,19,25);3,5H,2H2,1H3;1-2H3/p+1. The second-order valence-corrected chi connectivity index (χ2v) is 7.51. The maximum atomic E-state index is 12.3. The zero-order valence-electron chi connectivity index (χ0n) is 21.6. The Labute approximate surface area is 202 Å². The van der Waals surface area contributed by atoms with Crippen LogP contribution in [-0.2, 0) is 23.9 Å². The van der Waals surface area contributed by atoms with Crippen molar-refractivity contribution in [3.8, 4) is 0 Å². The maximum absolute atomic E-state index is 12.3. The third-order valence-corrected chi connectivity index (χ3v) is 3.93. The van der Waals surface area contributed by atoms with Crippen molar-refractivity contribution < 1.29 is 34.1 Å². The van der Waals surface area contributed by atoms with Gasteiger partial charge in [0.05, 0.1) is 12.1 Å². The number of carbonyl (C=O) groups is 5. The van der Waals surface area contributed by atoms with E-state index in [1.807, 2.05) is 13.8 Å². The van der Waals surface area contributed by atoms with Crippen LogP contribution in [-0.4, -0.2) is 67.1 Å². The number of ether oxygens (including phenoxy) is 1. The molecule has 0 heterocycles. The predicted molar refractivity (Wildman–Crippen MR) is 130 cm³/mol. The number of nitrogens with two attached hydrogens (primary N) is 3. The molecule has 12 heteroatoms. The fraction of sp³-hybridized carbons (Fsp3) is 0.727. The Hall–Kier alpha value is -3.02. The zero-order chi connectivity index (χ0) is 27.3. The molecule has 0 rings (SSSR count). The molecule has 0 aromatic heterocycles. The first-order chi connectivity index (χ1) is 15.8. The van der Waals surface area contributed by atoms with Gasteiger partial charge in [-0.2, -0.15) is 0 Å². The van der Waals surface area contributed by atoms with Crippen LogP contribution in [0.15, 0.2) is 0 Å². The van der Waals surface area contributed by atoms with E-state index in [9.17, 15) is 24.0 Å². The van der Waals surface area contributed by atoms with E-state index >= 15 is 0 Å². The highest BCUT2D eigenvalue weighted by molar-refractivity contribution is 6.24. The molecule has 12 nitrogen and oxygen atoms in total. The molecule has 0 aliphatic carbocycles. The van der Waals surface area contributed by atoms with Crippen molar-refractivity contribution in [1.82, 2.24) is 16.0 Å². The van der Waals surface area contributed by atoms with Gasteiger partial charge in [-0.05, 0) is 32.6 Å². The van der Waals surface area contributed by atoms with Crippen molar-refractivity contribution in [2.75, 3.05) is 13.1 Å². The molecule has 0 aromatic carbocycles. The van der Waals surface area contributed by atoms with Gasteiger partial charge in [0.25, 0.3) is 0 Å². The van der Waals surface area contributed by atoms with E-state index in [1.54, 1.807) is 34.6 Å². The predicted octanol–water partition coefficient (Wildman–Crippen LogP) is -1.21. The summed E-state index contributed by atoms with van der Waals surface area (Å²) in [5.41, 5.74) is 10.8. The lowest BCUT2D eigenvalue weighted by Gasteiger charge is -2.22. The van der Waals surface area contributed by atoms with Crippen molar-refractivity contribution in [2.45, 2.75) is 85.9 Å². The van der Waals surface area contributed by atoms with Gasteiger partial charge in [0.1, 0.15) is 12.6 Å². The molecule has 4 amide bonds. The molecule has 0 aliphatic heterocycles. The van der Waals surface area contributed by atoms with Crippen molar-refractivity contribution in [1.29, 1.82) is 0 Å². The van der Waals surface area contributed by atoms with E-state index in [0.29, 0.717) is 12.8 Å². The summed E-state index contributed by atoms with van der Waals surface area (Å²) in [4.78, 5) is 56.6. The molecule has 0 spiro atoms. The number of amides is 4. The van der Waals surface area contributed by atoms with Crippen LogP contribution in [0, 0.1) is 5.92 Å². The second-order valence-electron chi connectivity index (χ2n) is 7.51. The Balaban J connectivity index is -0.00000103. The van der Waals surface area contributed by atoms with Crippen LogP contribution in [0.4, 0.5) is 4.79 Å². The first-order valence-electron chi connectivity index (χ1n) is 11.5. The highest BCUT2D eigenvalue weighted by Crippen LogP contribution is 2.02. The summed E-state index contributed by atoms with van der Waals surface area (Å²) >= 11 is 0. The highest BCUT2D eigenvalue weighted by atomic mass is 16.5. The molecular weight excluding hydrogens is 444 g/mol. The van der Waals surface area contributed by atoms with Gasteiger partial charge in [0.15, 0.2) is 0 Å². The first kappa shape index (κ1) is 35.6. The molecule has 9 N–H and O–H groups in total. The number of Topliss-reactive ketones (excluding diaryl/α,β-unsaturated/α-hetero) is 1. The van der Waals surface area contributed by atoms with Gasteiger partial charge in [0, 0.05) is 13.0 Å². The molecule has 0 fully saturated rings. The van der Waals surface area contributed by atoms with E-state index in [4.69, 9.17) is 21.6 Å². The summed E-state index contributed by atoms with van der Waals surface area (Å²) in [6.45, 7) is 12.7. The van der Waals surface area contributed by atoms with Gasteiger partial charge in [-0.3, -0.25) is 24.6 Å². The van der Waals surface area contributed by atoms with Gasteiger partial charge >= 0.3 is 12.0 Å². The number of nitrogens with one attached hydrogen (secondary N) is 3. The van der Waals surface area contributed by atoms with Gasteiger partial charge in [-0.1, -0.05) is 34.6 Å². The molecule has 2 atom stereocenters. The summed E-state index contributed by atoms with van der Waals surface area (Å²) in [7, 11) is 0. The first-order valence-corrected chi connectivity index (χ1v) is 11.5. The molecule has 198 valence electrons. The monoisotopic (exact) mass is 489 g/mol. The molecule has 0 saturated heterocycles. The van der Waals surface area contributed by atoms with Crippen molar-refractivity contribution >= 4 is 35.8 Å². The summed E-state index contributed by atoms with van der Waals surface area (Å²) in [6.07, 6.45) is 1.94. The fourth-order valence-electron chi connectivity index (χ4n) is 2.06. The van der Waals surface area contributed by atoms with Gasteiger partial charge in [-0.25, -0.2) is 4.79 Å².